The van der Waals surface area contributed by atoms with Crippen molar-refractivity contribution in [1.82, 2.24) is 5.32 Å². The predicted octanol–water partition coefficient (Wildman–Crippen LogP) is 3.35. The average Bonchev–Trinajstić information content (AvgIpc) is 2.49. The molecule has 0 unspecified atom stereocenters. The second-order valence-corrected chi connectivity index (χ2v) is 5.00. The van der Waals surface area contributed by atoms with Gasteiger partial charge in [-0.05, 0) is 29.8 Å². The number of hydrogen-bond donors (Lipinski definition) is 2. The zero-order valence-electron chi connectivity index (χ0n) is 12.4. The molecule has 2 N–H and O–H groups in total. The molecule has 2 aromatic rings. The monoisotopic (exact) mass is 305 g/mol. The Balaban J connectivity index is 1.88. The quantitative estimate of drug-likeness (QED) is 0.910. The largest absolute Gasteiger partial charge is 0.378 e. The zero-order valence-corrected chi connectivity index (χ0v) is 12.4. The van der Waals surface area contributed by atoms with Gasteiger partial charge in [0.15, 0.2) is 11.6 Å². The van der Waals surface area contributed by atoms with Gasteiger partial charge >= 0.3 is 6.03 Å². The van der Waals surface area contributed by atoms with E-state index in [1.54, 1.807) is 0 Å². The molecule has 2 aromatic carbocycles. The van der Waals surface area contributed by atoms with Gasteiger partial charge < -0.3 is 15.5 Å². The predicted molar refractivity (Wildman–Crippen MR) is 83.0 cm³/mol. The van der Waals surface area contributed by atoms with Crippen LogP contribution in [0.3, 0.4) is 0 Å². The van der Waals surface area contributed by atoms with Crippen LogP contribution in [0.5, 0.6) is 0 Å². The van der Waals surface area contributed by atoms with Gasteiger partial charge in [0.2, 0.25) is 0 Å². The second-order valence-electron chi connectivity index (χ2n) is 5.00. The molecule has 0 aliphatic rings. The molecule has 0 spiro atoms. The Morgan fingerprint density at radius 3 is 2.32 bits per heavy atom. The van der Waals surface area contributed by atoms with Crippen molar-refractivity contribution in [3.05, 3.63) is 59.7 Å². The highest BCUT2D eigenvalue weighted by atomic mass is 19.2. The zero-order chi connectivity index (χ0) is 16.1. The Kier molecular flexibility index (Phi) is 4.93. The van der Waals surface area contributed by atoms with Crippen LogP contribution >= 0.6 is 0 Å². The van der Waals surface area contributed by atoms with E-state index >= 15 is 0 Å². The summed E-state index contributed by atoms with van der Waals surface area (Å²) in [7, 11) is 3.89. The van der Waals surface area contributed by atoms with E-state index in [0.29, 0.717) is 6.54 Å². The lowest BCUT2D eigenvalue weighted by molar-refractivity contribution is 0.251. The summed E-state index contributed by atoms with van der Waals surface area (Å²) in [6.45, 7) is 0.337. The molecular weight excluding hydrogens is 288 g/mol. The van der Waals surface area contributed by atoms with Crippen molar-refractivity contribution in [2.24, 2.45) is 0 Å². The lowest BCUT2D eigenvalue weighted by Crippen LogP contribution is -2.28. The summed E-state index contributed by atoms with van der Waals surface area (Å²) >= 11 is 0. The highest BCUT2D eigenvalue weighted by Gasteiger charge is 2.06. The van der Waals surface area contributed by atoms with Gasteiger partial charge in [-0.15, -0.1) is 0 Å². The molecule has 0 saturated heterocycles. The summed E-state index contributed by atoms with van der Waals surface area (Å²) < 4.78 is 25.8. The van der Waals surface area contributed by atoms with E-state index in [1.165, 1.54) is 6.07 Å². The van der Waals surface area contributed by atoms with Crippen LogP contribution in [0.2, 0.25) is 0 Å². The summed E-state index contributed by atoms with van der Waals surface area (Å²) in [6.07, 6.45) is 0. The number of urea groups is 1. The normalized spacial score (nSPS) is 10.2. The molecule has 0 saturated carbocycles. The molecule has 2 rings (SSSR count). The fraction of sp³-hybridized carbons (Fsp3) is 0.188. The van der Waals surface area contributed by atoms with Crippen molar-refractivity contribution in [2.45, 2.75) is 6.54 Å². The first-order valence-corrected chi connectivity index (χ1v) is 6.72. The third-order valence-corrected chi connectivity index (χ3v) is 3.08. The molecule has 0 bridgehead atoms. The lowest BCUT2D eigenvalue weighted by atomic mass is 10.2. The summed E-state index contributed by atoms with van der Waals surface area (Å²) in [4.78, 5) is 13.7. The minimum absolute atomic E-state index is 0.194. The smallest absolute Gasteiger partial charge is 0.319 e. The van der Waals surface area contributed by atoms with Gasteiger partial charge in [0.05, 0.1) is 0 Å². The fourth-order valence-electron chi connectivity index (χ4n) is 1.84. The molecule has 4 nitrogen and oxygen atoms in total. The maximum absolute atomic E-state index is 13.0. The van der Waals surface area contributed by atoms with E-state index in [2.05, 4.69) is 10.6 Å². The molecule has 0 aliphatic heterocycles. The van der Waals surface area contributed by atoms with Crippen molar-refractivity contribution >= 4 is 17.4 Å². The van der Waals surface area contributed by atoms with Crippen LogP contribution in [0.1, 0.15) is 5.56 Å². The molecular formula is C16H17F2N3O. The van der Waals surface area contributed by atoms with E-state index in [9.17, 15) is 13.6 Å². The third-order valence-electron chi connectivity index (χ3n) is 3.08. The van der Waals surface area contributed by atoms with Gasteiger partial charge in [-0.25, -0.2) is 13.6 Å². The van der Waals surface area contributed by atoms with Gasteiger partial charge in [0.25, 0.3) is 0 Å². The van der Waals surface area contributed by atoms with E-state index < -0.39 is 17.7 Å². The lowest BCUT2D eigenvalue weighted by Gasteiger charge is -2.13. The topological polar surface area (TPSA) is 44.4 Å². The summed E-state index contributed by atoms with van der Waals surface area (Å²) in [6, 6.07) is 10.4. The Hall–Kier alpha value is -2.63. The number of nitrogens with one attached hydrogen (secondary N) is 2. The number of hydrogen-bond acceptors (Lipinski definition) is 2. The SMILES string of the molecule is CN(C)c1ccc(CNC(=O)Nc2ccc(F)c(F)c2)cc1. The van der Waals surface area contributed by atoms with Crippen LogP contribution in [0.4, 0.5) is 25.0 Å². The molecule has 0 atom stereocenters. The first kappa shape index (κ1) is 15.8. The molecule has 2 amide bonds. The molecule has 0 heterocycles. The Morgan fingerprint density at radius 1 is 1.05 bits per heavy atom. The Morgan fingerprint density at radius 2 is 1.73 bits per heavy atom. The van der Waals surface area contributed by atoms with E-state index in [0.717, 1.165) is 23.4 Å². The number of carbonyl (C=O) groups is 1. The van der Waals surface area contributed by atoms with Crippen molar-refractivity contribution in [1.29, 1.82) is 0 Å². The maximum Gasteiger partial charge on any atom is 0.319 e. The van der Waals surface area contributed by atoms with Crippen molar-refractivity contribution in [3.8, 4) is 0 Å². The van der Waals surface area contributed by atoms with Crippen LogP contribution in [-0.2, 0) is 6.54 Å². The minimum atomic E-state index is -1.00. The van der Waals surface area contributed by atoms with Gasteiger partial charge in [-0.1, -0.05) is 12.1 Å². The van der Waals surface area contributed by atoms with Crippen LogP contribution in [0.15, 0.2) is 42.5 Å². The second kappa shape index (κ2) is 6.89. The van der Waals surface area contributed by atoms with Crippen LogP contribution in [0, 0.1) is 11.6 Å². The van der Waals surface area contributed by atoms with Crippen LogP contribution in [-0.4, -0.2) is 20.1 Å². The van der Waals surface area contributed by atoms with Crippen molar-refractivity contribution < 1.29 is 13.6 Å². The number of amides is 2. The summed E-state index contributed by atoms with van der Waals surface area (Å²) in [5, 5.41) is 5.10. The van der Waals surface area contributed by atoms with E-state index in [4.69, 9.17) is 0 Å². The molecule has 22 heavy (non-hydrogen) atoms. The van der Waals surface area contributed by atoms with Crippen LogP contribution in [0.25, 0.3) is 0 Å². The van der Waals surface area contributed by atoms with E-state index in [1.807, 2.05) is 43.3 Å². The standard InChI is InChI=1S/C16H17F2N3O/c1-21(2)13-6-3-11(4-7-13)10-19-16(22)20-12-5-8-14(17)15(18)9-12/h3-9H,10H2,1-2H3,(H2,19,20,22). The molecule has 0 aliphatic carbocycles. The highest BCUT2D eigenvalue weighted by Crippen LogP contribution is 2.14. The number of nitrogens with zero attached hydrogens (tertiary/aromatic N) is 1. The van der Waals surface area contributed by atoms with E-state index in [-0.39, 0.29) is 5.69 Å². The highest BCUT2D eigenvalue weighted by molar-refractivity contribution is 5.89. The van der Waals surface area contributed by atoms with Crippen LogP contribution < -0.4 is 15.5 Å². The number of halogens is 2. The van der Waals surface area contributed by atoms with Gasteiger partial charge in [0.1, 0.15) is 0 Å². The molecule has 0 aromatic heterocycles. The van der Waals surface area contributed by atoms with Gasteiger partial charge in [-0.3, -0.25) is 0 Å². The van der Waals surface area contributed by atoms with Gasteiger partial charge in [0, 0.05) is 38.1 Å². The number of rotatable bonds is 4. The maximum atomic E-state index is 13.0. The summed E-state index contributed by atoms with van der Waals surface area (Å²) in [5.74, 6) is -1.95. The third kappa shape index (κ3) is 4.18. The first-order valence-electron chi connectivity index (χ1n) is 6.72. The first-order chi connectivity index (χ1) is 10.5. The van der Waals surface area contributed by atoms with Crippen molar-refractivity contribution in [2.75, 3.05) is 24.3 Å². The average molecular weight is 305 g/mol. The fourth-order valence-corrected chi connectivity index (χ4v) is 1.84. The molecule has 116 valence electrons. The minimum Gasteiger partial charge on any atom is -0.378 e. The Labute approximate surface area is 127 Å². The number of benzene rings is 2. The molecule has 0 fully saturated rings. The van der Waals surface area contributed by atoms with Gasteiger partial charge in [-0.2, -0.15) is 0 Å². The number of carbonyl (C=O) groups excluding carboxylic acids is 1. The summed E-state index contributed by atoms with van der Waals surface area (Å²) in [5.41, 5.74) is 2.19. The van der Waals surface area contributed by atoms with Crippen molar-refractivity contribution in [3.63, 3.8) is 0 Å². The molecule has 0 radical (unpaired) electrons. The number of anilines is 2. The Bertz CT molecular complexity index is 657. The molecule has 6 heteroatoms.